The van der Waals surface area contributed by atoms with Gasteiger partial charge in [0, 0.05) is 32.2 Å². The molecule has 0 radical (unpaired) electrons. The number of ether oxygens (including phenoxy) is 1. The van der Waals surface area contributed by atoms with Crippen molar-refractivity contribution < 1.29 is 4.74 Å². The van der Waals surface area contributed by atoms with E-state index in [4.69, 9.17) is 4.74 Å². The molecule has 0 bridgehead atoms. The average Bonchev–Trinajstić information content (AvgIpc) is 3.48. The summed E-state index contributed by atoms with van der Waals surface area (Å²) in [6, 6.07) is 9.22. The molecule has 1 aliphatic carbocycles. The monoisotopic (exact) mass is 412 g/mol. The van der Waals surface area contributed by atoms with E-state index in [1.165, 1.54) is 31.2 Å². The molecule has 4 rings (SSSR count). The van der Waals surface area contributed by atoms with Crippen LogP contribution in [-0.4, -0.2) is 69.3 Å². The normalized spacial score (nSPS) is 20.5. The topological polar surface area (TPSA) is 59.3 Å². The molecule has 1 saturated carbocycles. The lowest BCUT2D eigenvalue weighted by molar-refractivity contribution is 0.0751. The standard InChI is InChI=1S/C23H36N6O/c1-5-23(2,3)29-22(24-25-26-29)21(18-10-12-20(30-4)13-11-18)28-16-14-27(15-17-28)19-8-6-7-9-19/h10-13,19,21H,5-9,14-17H2,1-4H3. The van der Waals surface area contributed by atoms with Crippen LogP contribution in [0.25, 0.3) is 0 Å². The van der Waals surface area contributed by atoms with Crippen molar-refractivity contribution in [3.05, 3.63) is 35.7 Å². The quantitative estimate of drug-likeness (QED) is 0.694. The molecule has 7 heteroatoms. The minimum absolute atomic E-state index is 0.0439. The van der Waals surface area contributed by atoms with Crippen LogP contribution in [0.4, 0.5) is 0 Å². The zero-order chi connectivity index (χ0) is 21.1. The number of rotatable bonds is 7. The van der Waals surface area contributed by atoms with Crippen LogP contribution in [0.1, 0.15) is 70.3 Å². The van der Waals surface area contributed by atoms with Gasteiger partial charge in [-0.2, -0.15) is 0 Å². The molecule has 0 amide bonds. The first-order chi connectivity index (χ1) is 14.5. The molecule has 1 saturated heterocycles. The van der Waals surface area contributed by atoms with Crippen LogP contribution < -0.4 is 4.74 Å². The number of methoxy groups -OCH3 is 1. The Bertz CT molecular complexity index is 803. The Hall–Kier alpha value is -1.99. The number of piperazine rings is 1. The Morgan fingerprint density at radius 2 is 1.73 bits per heavy atom. The summed E-state index contributed by atoms with van der Waals surface area (Å²) >= 11 is 0. The molecule has 1 atom stereocenters. The van der Waals surface area contributed by atoms with Crippen LogP contribution in [0.2, 0.25) is 0 Å². The summed E-state index contributed by atoms with van der Waals surface area (Å²) in [5.41, 5.74) is 1.09. The number of hydrogen-bond donors (Lipinski definition) is 0. The van der Waals surface area contributed by atoms with Gasteiger partial charge in [-0.1, -0.05) is 31.9 Å². The molecule has 1 aromatic carbocycles. The van der Waals surface area contributed by atoms with E-state index >= 15 is 0 Å². The van der Waals surface area contributed by atoms with Gasteiger partial charge in [0.25, 0.3) is 0 Å². The molecule has 0 N–H and O–H groups in total. The second-order valence-corrected chi connectivity index (χ2v) is 9.30. The molecule has 1 unspecified atom stereocenters. The predicted octanol–water partition coefficient (Wildman–Crippen LogP) is 3.48. The smallest absolute Gasteiger partial charge is 0.173 e. The highest BCUT2D eigenvalue weighted by Gasteiger charge is 2.35. The fraction of sp³-hybridized carbons (Fsp3) is 0.696. The van der Waals surface area contributed by atoms with Gasteiger partial charge in [-0.15, -0.1) is 5.10 Å². The lowest BCUT2D eigenvalue weighted by Crippen LogP contribution is -2.51. The van der Waals surface area contributed by atoms with Gasteiger partial charge in [0.05, 0.1) is 18.7 Å². The van der Waals surface area contributed by atoms with Crippen LogP contribution >= 0.6 is 0 Å². The average molecular weight is 413 g/mol. The molecule has 2 heterocycles. The zero-order valence-electron chi connectivity index (χ0n) is 18.9. The Morgan fingerprint density at radius 1 is 1.07 bits per heavy atom. The van der Waals surface area contributed by atoms with E-state index in [1.807, 2.05) is 16.8 Å². The minimum atomic E-state index is -0.130. The van der Waals surface area contributed by atoms with E-state index in [0.29, 0.717) is 0 Å². The fourth-order valence-electron chi connectivity index (χ4n) is 4.88. The zero-order valence-corrected chi connectivity index (χ0v) is 18.9. The molecule has 2 fully saturated rings. The molecule has 0 spiro atoms. The van der Waals surface area contributed by atoms with Gasteiger partial charge in [-0.3, -0.25) is 9.80 Å². The van der Waals surface area contributed by atoms with Crippen molar-refractivity contribution >= 4 is 0 Å². The lowest BCUT2D eigenvalue weighted by atomic mass is 9.99. The predicted molar refractivity (Wildman–Crippen MR) is 118 cm³/mol. The number of aromatic nitrogens is 4. The van der Waals surface area contributed by atoms with Crippen LogP contribution in [-0.2, 0) is 5.54 Å². The Balaban J connectivity index is 1.63. The van der Waals surface area contributed by atoms with Crippen molar-refractivity contribution in [1.29, 1.82) is 0 Å². The van der Waals surface area contributed by atoms with E-state index in [1.54, 1.807) is 7.11 Å². The Kier molecular flexibility index (Phi) is 6.39. The summed E-state index contributed by atoms with van der Waals surface area (Å²) in [6.07, 6.45) is 6.48. The summed E-state index contributed by atoms with van der Waals surface area (Å²) in [4.78, 5) is 5.26. The van der Waals surface area contributed by atoms with Gasteiger partial charge >= 0.3 is 0 Å². The Labute approximate surface area is 180 Å². The third kappa shape index (κ3) is 4.23. The fourth-order valence-corrected chi connectivity index (χ4v) is 4.88. The molecular formula is C23H36N6O. The van der Waals surface area contributed by atoms with Crippen molar-refractivity contribution in [3.8, 4) is 5.75 Å². The molecule has 1 aromatic heterocycles. The van der Waals surface area contributed by atoms with Gasteiger partial charge in [0.1, 0.15) is 5.75 Å². The molecule has 1 aliphatic heterocycles. The first-order valence-corrected chi connectivity index (χ1v) is 11.4. The molecule has 7 nitrogen and oxygen atoms in total. The van der Waals surface area contributed by atoms with Crippen molar-refractivity contribution in [1.82, 2.24) is 30.0 Å². The summed E-state index contributed by atoms with van der Waals surface area (Å²) in [5.74, 6) is 1.80. The highest BCUT2D eigenvalue weighted by molar-refractivity contribution is 5.32. The first kappa shape index (κ1) is 21.2. The maximum Gasteiger partial charge on any atom is 0.173 e. The minimum Gasteiger partial charge on any atom is -0.497 e. The molecule has 2 aromatic rings. The van der Waals surface area contributed by atoms with Gasteiger partial charge in [0.2, 0.25) is 0 Å². The van der Waals surface area contributed by atoms with E-state index in [-0.39, 0.29) is 11.6 Å². The SMILES string of the molecule is CCC(C)(C)n1nnnc1C(c1ccc(OC)cc1)N1CCN(C2CCCC2)CC1. The van der Waals surface area contributed by atoms with E-state index in [9.17, 15) is 0 Å². The Morgan fingerprint density at radius 3 is 2.33 bits per heavy atom. The maximum atomic E-state index is 5.39. The van der Waals surface area contributed by atoms with Crippen molar-refractivity contribution in [2.75, 3.05) is 33.3 Å². The van der Waals surface area contributed by atoms with E-state index < -0.39 is 0 Å². The molecular weight excluding hydrogens is 376 g/mol. The van der Waals surface area contributed by atoms with Gasteiger partial charge in [0.15, 0.2) is 5.82 Å². The molecule has 2 aliphatic rings. The summed E-state index contributed by atoms with van der Waals surface area (Å²) in [7, 11) is 1.71. The molecule has 30 heavy (non-hydrogen) atoms. The van der Waals surface area contributed by atoms with Crippen LogP contribution in [0.5, 0.6) is 5.75 Å². The largest absolute Gasteiger partial charge is 0.497 e. The third-order valence-electron chi connectivity index (χ3n) is 7.16. The third-order valence-corrected chi connectivity index (χ3v) is 7.16. The van der Waals surface area contributed by atoms with Crippen molar-refractivity contribution in [2.24, 2.45) is 0 Å². The maximum absolute atomic E-state index is 5.39. The van der Waals surface area contributed by atoms with Crippen LogP contribution in [0.3, 0.4) is 0 Å². The van der Waals surface area contributed by atoms with Gasteiger partial charge in [-0.05, 0) is 61.2 Å². The summed E-state index contributed by atoms with van der Waals surface area (Å²) < 4.78 is 7.42. The second kappa shape index (κ2) is 9.02. The number of benzene rings is 1. The second-order valence-electron chi connectivity index (χ2n) is 9.30. The first-order valence-electron chi connectivity index (χ1n) is 11.4. The van der Waals surface area contributed by atoms with Crippen LogP contribution in [0, 0.1) is 0 Å². The number of nitrogens with zero attached hydrogens (tertiary/aromatic N) is 6. The number of tetrazole rings is 1. The van der Waals surface area contributed by atoms with Gasteiger partial charge < -0.3 is 4.74 Å². The van der Waals surface area contributed by atoms with Gasteiger partial charge in [-0.25, -0.2) is 4.68 Å². The highest BCUT2D eigenvalue weighted by Crippen LogP contribution is 2.33. The highest BCUT2D eigenvalue weighted by atomic mass is 16.5. The van der Waals surface area contributed by atoms with Crippen LogP contribution in [0.15, 0.2) is 24.3 Å². The van der Waals surface area contributed by atoms with Crippen molar-refractivity contribution in [3.63, 3.8) is 0 Å². The lowest BCUT2D eigenvalue weighted by Gasteiger charge is -2.41. The summed E-state index contributed by atoms with van der Waals surface area (Å²) in [6.45, 7) is 10.9. The van der Waals surface area contributed by atoms with E-state index in [2.05, 4.69) is 58.2 Å². The van der Waals surface area contributed by atoms with Crippen molar-refractivity contribution in [2.45, 2.75) is 70.5 Å². The molecule has 164 valence electrons. The number of hydrogen-bond acceptors (Lipinski definition) is 6. The van der Waals surface area contributed by atoms with E-state index in [0.717, 1.165) is 50.2 Å². The summed E-state index contributed by atoms with van der Waals surface area (Å²) in [5, 5.41) is 13.0.